The second kappa shape index (κ2) is 11.9. The van der Waals surface area contributed by atoms with Crippen LogP contribution in [0.5, 0.6) is 17.2 Å². The van der Waals surface area contributed by atoms with Gasteiger partial charge in [0.1, 0.15) is 55.4 Å². The van der Waals surface area contributed by atoms with E-state index < -0.39 is 0 Å². The average Bonchev–Trinajstić information content (AvgIpc) is 3.67. The summed E-state index contributed by atoms with van der Waals surface area (Å²) in [6, 6.07) is 14.0. The van der Waals surface area contributed by atoms with Crippen molar-refractivity contribution in [3.05, 3.63) is 42.5 Å². The first kappa shape index (κ1) is 23.4. The van der Waals surface area contributed by atoms with Gasteiger partial charge in [0.2, 0.25) is 0 Å². The monoisotopic (exact) mass is 430 g/mol. The molecule has 3 atom stereocenters. The van der Waals surface area contributed by atoms with Crippen LogP contribution >= 0.6 is 0 Å². The van der Waals surface area contributed by atoms with E-state index in [1.165, 1.54) is 0 Å². The molecule has 3 aliphatic heterocycles. The van der Waals surface area contributed by atoms with Crippen molar-refractivity contribution >= 4 is 0 Å². The number of ether oxygens (including phenoxy) is 6. The van der Waals surface area contributed by atoms with Crippen molar-refractivity contribution in [2.45, 2.75) is 46.0 Å². The Kier molecular flexibility index (Phi) is 9.00. The lowest BCUT2D eigenvalue weighted by Crippen LogP contribution is -2.07. The first-order valence-corrected chi connectivity index (χ1v) is 11.3. The molecule has 3 heterocycles. The van der Waals surface area contributed by atoms with Crippen LogP contribution in [-0.2, 0) is 14.2 Å². The Balaban J connectivity index is 0.000000645. The van der Waals surface area contributed by atoms with Crippen LogP contribution in [0.4, 0.5) is 0 Å². The fraction of sp³-hybridized carbons (Fsp3) is 0.520. The maximum absolute atomic E-state index is 6.01. The maximum Gasteiger partial charge on any atom is 0.130 e. The van der Waals surface area contributed by atoms with Gasteiger partial charge in [-0.15, -0.1) is 0 Å². The van der Waals surface area contributed by atoms with Gasteiger partial charge in [-0.2, -0.15) is 0 Å². The predicted octanol–water partition coefficient (Wildman–Crippen LogP) is 4.74. The molecule has 2 aromatic rings. The fourth-order valence-electron chi connectivity index (χ4n) is 2.73. The molecule has 6 nitrogen and oxygen atoms in total. The first-order valence-electron chi connectivity index (χ1n) is 11.3. The minimum atomic E-state index is 0.197. The molecule has 3 fully saturated rings. The summed E-state index contributed by atoms with van der Waals surface area (Å²) in [5.41, 5.74) is 2.08. The van der Waals surface area contributed by atoms with Gasteiger partial charge in [0, 0.05) is 11.6 Å². The van der Waals surface area contributed by atoms with Gasteiger partial charge in [0.05, 0.1) is 19.8 Å². The van der Waals surface area contributed by atoms with Crippen molar-refractivity contribution in [2.75, 3.05) is 39.6 Å². The highest BCUT2D eigenvalue weighted by Gasteiger charge is 2.25. The summed E-state index contributed by atoms with van der Waals surface area (Å²) >= 11 is 0. The van der Waals surface area contributed by atoms with Crippen molar-refractivity contribution in [2.24, 2.45) is 0 Å². The molecule has 6 heteroatoms. The summed E-state index contributed by atoms with van der Waals surface area (Å²) < 4.78 is 33.1. The Morgan fingerprint density at radius 1 is 0.645 bits per heavy atom. The lowest BCUT2D eigenvalue weighted by molar-refractivity contribution is 0.253. The van der Waals surface area contributed by atoms with Crippen molar-refractivity contribution in [3.63, 3.8) is 0 Å². The van der Waals surface area contributed by atoms with Crippen molar-refractivity contribution in [1.29, 1.82) is 0 Å². The van der Waals surface area contributed by atoms with Crippen LogP contribution in [0.3, 0.4) is 0 Å². The van der Waals surface area contributed by atoms with Crippen LogP contribution in [0.1, 0.15) is 27.7 Å². The Morgan fingerprint density at radius 2 is 1.10 bits per heavy atom. The second-order valence-corrected chi connectivity index (χ2v) is 6.98. The second-order valence-electron chi connectivity index (χ2n) is 6.98. The quantitative estimate of drug-likeness (QED) is 0.507. The van der Waals surface area contributed by atoms with E-state index in [1.807, 2.05) is 70.2 Å². The molecule has 3 aliphatic rings. The number of benzene rings is 2. The van der Waals surface area contributed by atoms with E-state index in [-0.39, 0.29) is 18.3 Å². The molecule has 0 aliphatic carbocycles. The van der Waals surface area contributed by atoms with Gasteiger partial charge in [0.25, 0.3) is 0 Å². The average molecular weight is 431 g/mol. The highest BCUT2D eigenvalue weighted by Crippen LogP contribution is 2.35. The molecule has 0 N–H and O–H groups in total. The molecule has 0 aromatic heterocycles. The van der Waals surface area contributed by atoms with Crippen molar-refractivity contribution < 1.29 is 28.4 Å². The third-order valence-electron chi connectivity index (χ3n) is 4.62. The van der Waals surface area contributed by atoms with E-state index >= 15 is 0 Å². The van der Waals surface area contributed by atoms with E-state index in [9.17, 15) is 0 Å². The van der Waals surface area contributed by atoms with E-state index in [2.05, 4.69) is 0 Å². The molecule has 170 valence electrons. The van der Waals surface area contributed by atoms with Crippen molar-refractivity contribution in [3.8, 4) is 28.4 Å². The van der Waals surface area contributed by atoms with E-state index in [0.29, 0.717) is 19.8 Å². The predicted molar refractivity (Wildman–Crippen MR) is 120 cm³/mol. The van der Waals surface area contributed by atoms with Gasteiger partial charge in [0.15, 0.2) is 0 Å². The minimum absolute atomic E-state index is 0.197. The molecule has 0 amide bonds. The largest absolute Gasteiger partial charge is 0.491 e. The zero-order valence-corrected chi connectivity index (χ0v) is 19.0. The molecule has 3 unspecified atom stereocenters. The molecular weight excluding hydrogens is 396 g/mol. The lowest BCUT2D eigenvalue weighted by Gasteiger charge is -2.14. The number of epoxide rings is 3. The SMILES string of the molecule is CC.CC.c1cc(-c2ccc(OCC3CO3)cc2OCC2CO2)ccc1OCC1CO1. The minimum Gasteiger partial charge on any atom is -0.491 e. The van der Waals surface area contributed by atoms with Crippen LogP contribution in [-0.4, -0.2) is 58.0 Å². The van der Waals surface area contributed by atoms with Crippen molar-refractivity contribution in [1.82, 2.24) is 0 Å². The smallest absolute Gasteiger partial charge is 0.130 e. The van der Waals surface area contributed by atoms with Crippen LogP contribution in [0, 0.1) is 0 Å². The number of rotatable bonds is 10. The Labute approximate surface area is 185 Å². The van der Waals surface area contributed by atoms with Gasteiger partial charge in [-0.1, -0.05) is 39.8 Å². The summed E-state index contributed by atoms with van der Waals surface area (Å²) in [5.74, 6) is 2.41. The molecular formula is C25H34O6. The molecule has 0 saturated carbocycles. The summed E-state index contributed by atoms with van der Waals surface area (Å²) in [7, 11) is 0. The Morgan fingerprint density at radius 3 is 1.61 bits per heavy atom. The molecule has 0 radical (unpaired) electrons. The highest BCUT2D eigenvalue weighted by atomic mass is 16.6. The van der Waals surface area contributed by atoms with Crippen LogP contribution in [0.2, 0.25) is 0 Å². The zero-order chi connectivity index (χ0) is 22.1. The van der Waals surface area contributed by atoms with E-state index in [0.717, 1.165) is 48.2 Å². The topological polar surface area (TPSA) is 65.3 Å². The molecule has 0 spiro atoms. The van der Waals surface area contributed by atoms with Gasteiger partial charge in [-0.3, -0.25) is 0 Å². The Hall–Kier alpha value is -2.28. The van der Waals surface area contributed by atoms with Crippen LogP contribution in [0.25, 0.3) is 11.1 Å². The summed E-state index contributed by atoms with van der Waals surface area (Å²) in [6.07, 6.45) is 0.674. The lowest BCUT2D eigenvalue weighted by atomic mass is 10.0. The highest BCUT2D eigenvalue weighted by molar-refractivity contribution is 5.72. The number of hydrogen-bond donors (Lipinski definition) is 0. The van der Waals surface area contributed by atoms with E-state index in [4.69, 9.17) is 28.4 Å². The maximum atomic E-state index is 6.01. The zero-order valence-electron chi connectivity index (χ0n) is 19.0. The normalized spacial score (nSPS) is 22.1. The fourth-order valence-corrected chi connectivity index (χ4v) is 2.73. The third kappa shape index (κ3) is 7.73. The molecule has 0 bridgehead atoms. The summed E-state index contributed by atoms with van der Waals surface area (Å²) in [5, 5.41) is 0. The Bertz CT molecular complexity index is 779. The molecule has 2 aromatic carbocycles. The van der Waals surface area contributed by atoms with Gasteiger partial charge in [-0.25, -0.2) is 0 Å². The third-order valence-corrected chi connectivity index (χ3v) is 4.62. The van der Waals surface area contributed by atoms with Crippen LogP contribution in [0.15, 0.2) is 42.5 Å². The molecule has 5 rings (SSSR count). The van der Waals surface area contributed by atoms with Gasteiger partial charge >= 0.3 is 0 Å². The molecule has 31 heavy (non-hydrogen) atoms. The number of hydrogen-bond acceptors (Lipinski definition) is 6. The van der Waals surface area contributed by atoms with Crippen LogP contribution < -0.4 is 14.2 Å². The standard InChI is InChI=1S/C21H22O6.2C2H6/c1-3-15(22-8-17-10-24-17)4-2-14(1)20-6-5-16(23-9-18-11-25-18)7-21(20)27-13-19-12-26-19;2*1-2/h1-7,17-19H,8-13H2;2*1-2H3. The summed E-state index contributed by atoms with van der Waals surface area (Å²) in [4.78, 5) is 0. The summed E-state index contributed by atoms with van der Waals surface area (Å²) in [6.45, 7) is 12.1. The molecule has 3 saturated heterocycles. The van der Waals surface area contributed by atoms with Gasteiger partial charge < -0.3 is 28.4 Å². The van der Waals surface area contributed by atoms with Gasteiger partial charge in [-0.05, 0) is 29.8 Å². The van der Waals surface area contributed by atoms with E-state index in [1.54, 1.807) is 0 Å². The first-order chi connectivity index (χ1) is 15.3.